The van der Waals surface area contributed by atoms with Crippen molar-refractivity contribution in [1.29, 1.82) is 0 Å². The van der Waals surface area contributed by atoms with Crippen LogP contribution in [0.3, 0.4) is 0 Å². The summed E-state index contributed by atoms with van der Waals surface area (Å²) in [5.74, 6) is -0.882. The number of nitrogens with one attached hydrogen (secondary N) is 2. The minimum atomic E-state index is -4.39. The predicted molar refractivity (Wildman–Crippen MR) is 133 cm³/mol. The maximum absolute atomic E-state index is 13.2. The summed E-state index contributed by atoms with van der Waals surface area (Å²) in [4.78, 5) is 27.5. The number of fused-ring (bicyclic) bond motifs is 1. The quantitative estimate of drug-likeness (QED) is 0.200. The van der Waals surface area contributed by atoms with E-state index in [1.807, 2.05) is 11.6 Å². The third kappa shape index (κ3) is 7.03. The number of nitrogens with zero attached hydrogens (tertiary/aromatic N) is 2. The van der Waals surface area contributed by atoms with Gasteiger partial charge in [-0.05, 0) is 30.2 Å². The summed E-state index contributed by atoms with van der Waals surface area (Å²) in [6.45, 7) is 2.72. The van der Waals surface area contributed by atoms with Crippen LogP contribution in [0.5, 0.6) is 0 Å². The van der Waals surface area contributed by atoms with Crippen molar-refractivity contribution < 1.29 is 36.3 Å². The molecule has 204 valence electrons. The van der Waals surface area contributed by atoms with E-state index < -0.39 is 43.7 Å². The molecule has 13 nitrogen and oxygen atoms in total. The van der Waals surface area contributed by atoms with Crippen molar-refractivity contribution in [2.45, 2.75) is 40.8 Å². The molecular formula is C21H28N4O9S3. The number of hydrogen-bond donors (Lipinski definition) is 2. The number of hydrogen-bond acceptors (Lipinski definition) is 11. The fourth-order valence-corrected chi connectivity index (χ4v) is 8.75. The van der Waals surface area contributed by atoms with Crippen molar-refractivity contribution in [3.63, 3.8) is 0 Å². The molecule has 1 aromatic heterocycles. The zero-order valence-corrected chi connectivity index (χ0v) is 22.7. The largest absolute Gasteiger partial charge is 0.385 e. The summed E-state index contributed by atoms with van der Waals surface area (Å²) in [6, 6.07) is 7.12. The molecule has 2 N–H and O–H groups in total. The van der Waals surface area contributed by atoms with Crippen molar-refractivity contribution in [3.05, 3.63) is 57.1 Å². The Morgan fingerprint density at radius 3 is 2.65 bits per heavy atom. The minimum Gasteiger partial charge on any atom is -0.385 e. The topological polar surface area (TPSA) is 174 Å². The molecule has 1 aliphatic heterocycles. The van der Waals surface area contributed by atoms with Gasteiger partial charge in [0.15, 0.2) is 0 Å². The molecule has 0 saturated heterocycles. The molecule has 0 saturated carbocycles. The number of amides is 1. The summed E-state index contributed by atoms with van der Waals surface area (Å²) in [5, 5.41) is 12.7. The Labute approximate surface area is 219 Å². The Balaban J connectivity index is 1.83. The minimum absolute atomic E-state index is 0.0859. The van der Waals surface area contributed by atoms with Gasteiger partial charge in [-0.3, -0.25) is 4.79 Å². The normalized spacial score (nSPS) is 17.2. The first-order valence-corrected chi connectivity index (χ1v) is 15.0. The van der Waals surface area contributed by atoms with Crippen LogP contribution in [0.4, 0.5) is 0 Å². The van der Waals surface area contributed by atoms with Crippen molar-refractivity contribution in [3.8, 4) is 0 Å². The van der Waals surface area contributed by atoms with E-state index in [0.29, 0.717) is 47.6 Å². The number of benzene rings is 1. The van der Waals surface area contributed by atoms with Gasteiger partial charge in [-0.1, -0.05) is 31.2 Å². The van der Waals surface area contributed by atoms with Crippen LogP contribution in [0, 0.1) is 10.1 Å². The highest BCUT2D eigenvalue weighted by Crippen LogP contribution is 2.40. The molecule has 1 atom stereocenters. The average Bonchev–Trinajstić information content (AvgIpc) is 3.29. The Bertz CT molecular complexity index is 1340. The van der Waals surface area contributed by atoms with Gasteiger partial charge in [-0.25, -0.2) is 21.6 Å². The van der Waals surface area contributed by atoms with E-state index in [-0.39, 0.29) is 27.9 Å². The zero-order valence-electron chi connectivity index (χ0n) is 20.2. The molecule has 37 heavy (non-hydrogen) atoms. The highest BCUT2D eigenvalue weighted by molar-refractivity contribution is 7.94. The van der Waals surface area contributed by atoms with Crippen LogP contribution < -0.4 is 10.0 Å². The second-order valence-corrected chi connectivity index (χ2v) is 13.2. The molecule has 0 unspecified atom stereocenters. The molecule has 0 aliphatic carbocycles. The lowest BCUT2D eigenvalue weighted by Gasteiger charge is -2.32. The molecule has 1 amide bonds. The fraction of sp³-hybridized carbons (Fsp3) is 0.476. The molecule has 0 radical (unpaired) electrons. The second-order valence-electron chi connectivity index (χ2n) is 8.10. The maximum Gasteiger partial charge on any atom is 0.294 e. The van der Waals surface area contributed by atoms with Gasteiger partial charge in [0, 0.05) is 38.4 Å². The summed E-state index contributed by atoms with van der Waals surface area (Å²) >= 11 is 0.586. The lowest BCUT2D eigenvalue weighted by atomic mass is 10.1. The molecule has 0 spiro atoms. The van der Waals surface area contributed by atoms with Crippen LogP contribution in [0.2, 0.25) is 0 Å². The SMILES string of the molecule is CCN[C@H]1CN(CCCOC)S(=O)(=O)c2sc(S(=O)(=O)NC(=O)Cc3ccccc3CO[N+](=O)[O-])cc21. The first-order valence-electron chi connectivity index (χ1n) is 11.3. The van der Waals surface area contributed by atoms with Crippen LogP contribution >= 0.6 is 11.3 Å². The van der Waals surface area contributed by atoms with Gasteiger partial charge in [0.25, 0.3) is 25.1 Å². The highest BCUT2D eigenvalue weighted by atomic mass is 32.3. The first-order chi connectivity index (χ1) is 17.5. The Kier molecular flexibility index (Phi) is 9.60. The van der Waals surface area contributed by atoms with Crippen LogP contribution in [0.25, 0.3) is 0 Å². The zero-order chi connectivity index (χ0) is 27.2. The molecular weight excluding hydrogens is 548 g/mol. The van der Waals surface area contributed by atoms with E-state index >= 15 is 0 Å². The van der Waals surface area contributed by atoms with Gasteiger partial charge < -0.3 is 14.9 Å². The molecule has 16 heteroatoms. The van der Waals surface area contributed by atoms with Crippen LogP contribution in [0.15, 0.2) is 38.8 Å². The van der Waals surface area contributed by atoms with Crippen molar-refractivity contribution >= 4 is 37.3 Å². The first kappa shape index (κ1) is 28.9. The number of thiophene rings is 1. The Hall–Kier alpha value is -2.63. The fourth-order valence-electron chi connectivity index (χ4n) is 3.88. The maximum atomic E-state index is 13.2. The Morgan fingerprint density at radius 1 is 1.30 bits per heavy atom. The van der Waals surface area contributed by atoms with E-state index in [1.54, 1.807) is 12.1 Å². The summed E-state index contributed by atoms with van der Waals surface area (Å²) in [6.07, 6.45) is 0.0951. The molecule has 1 aromatic carbocycles. The number of methoxy groups -OCH3 is 1. The number of sulfonamides is 2. The van der Waals surface area contributed by atoms with E-state index in [2.05, 4.69) is 10.2 Å². The number of rotatable bonds is 13. The van der Waals surface area contributed by atoms with E-state index in [9.17, 15) is 31.7 Å². The van der Waals surface area contributed by atoms with Crippen molar-refractivity contribution in [2.75, 3.05) is 33.4 Å². The third-order valence-corrected chi connectivity index (χ3v) is 10.9. The van der Waals surface area contributed by atoms with Gasteiger partial charge in [0.2, 0.25) is 5.91 Å². The van der Waals surface area contributed by atoms with Gasteiger partial charge >= 0.3 is 0 Å². The molecule has 1 aliphatic rings. The molecule has 0 bridgehead atoms. The van der Waals surface area contributed by atoms with E-state index in [4.69, 9.17) is 4.74 Å². The third-order valence-electron chi connectivity index (χ3n) is 5.55. The van der Waals surface area contributed by atoms with Gasteiger partial charge in [-0.2, -0.15) is 4.31 Å². The lowest BCUT2D eigenvalue weighted by Crippen LogP contribution is -2.43. The summed E-state index contributed by atoms with van der Waals surface area (Å²) < 4.78 is 60.4. The van der Waals surface area contributed by atoms with E-state index in [1.165, 1.54) is 29.6 Å². The van der Waals surface area contributed by atoms with Crippen molar-refractivity contribution in [1.82, 2.24) is 14.3 Å². The lowest BCUT2D eigenvalue weighted by molar-refractivity contribution is -0.763. The molecule has 3 rings (SSSR count). The van der Waals surface area contributed by atoms with Gasteiger partial charge in [-0.15, -0.1) is 21.5 Å². The molecule has 2 heterocycles. The van der Waals surface area contributed by atoms with E-state index in [0.717, 1.165) is 0 Å². The molecule has 0 fully saturated rings. The number of carbonyl (C=O) groups excluding carboxylic acids is 1. The Morgan fingerprint density at radius 2 is 2.00 bits per heavy atom. The number of likely N-dealkylation sites (N-methyl/N-ethyl adjacent to an activating group) is 1. The number of carbonyl (C=O) groups is 1. The highest BCUT2D eigenvalue weighted by Gasteiger charge is 2.40. The van der Waals surface area contributed by atoms with Crippen LogP contribution in [0.1, 0.15) is 36.1 Å². The number of ether oxygens (including phenoxy) is 1. The van der Waals surface area contributed by atoms with Crippen LogP contribution in [-0.2, 0) is 47.4 Å². The van der Waals surface area contributed by atoms with Gasteiger partial charge in [0.05, 0.1) is 6.42 Å². The smallest absolute Gasteiger partial charge is 0.294 e. The van der Waals surface area contributed by atoms with Gasteiger partial charge in [0.1, 0.15) is 15.0 Å². The standard InChI is InChI=1S/C21H28N4O9S3/c1-3-22-18-13-24(9-6-10-33-2)37(31,32)21-17(18)12-20(35-21)36(29,30)23-19(26)11-15-7-4-5-8-16(15)14-34-25(27)28/h4-5,7-8,12,18,22H,3,6,9-11,13-14H2,1-2H3,(H,23,26)/t18-/m0/s1. The van der Waals surface area contributed by atoms with Crippen molar-refractivity contribution in [2.24, 2.45) is 0 Å². The van der Waals surface area contributed by atoms with Crippen LogP contribution in [-0.4, -0.2) is 65.5 Å². The second kappa shape index (κ2) is 12.3. The molecule has 2 aromatic rings. The predicted octanol–water partition coefficient (Wildman–Crippen LogP) is 1.20. The summed E-state index contributed by atoms with van der Waals surface area (Å²) in [7, 11) is -6.81. The average molecular weight is 577 g/mol. The monoisotopic (exact) mass is 576 g/mol. The summed E-state index contributed by atoms with van der Waals surface area (Å²) in [5.41, 5.74) is 1.04.